The van der Waals surface area contributed by atoms with Crippen LogP contribution in [0.2, 0.25) is 0 Å². The summed E-state index contributed by atoms with van der Waals surface area (Å²) < 4.78 is 7.42. The summed E-state index contributed by atoms with van der Waals surface area (Å²) in [6, 6.07) is 7.07. The lowest BCUT2D eigenvalue weighted by molar-refractivity contribution is 0.252. The summed E-state index contributed by atoms with van der Waals surface area (Å²) in [4.78, 5) is 12.0. The van der Waals surface area contributed by atoms with Crippen LogP contribution in [0.25, 0.3) is 0 Å². The van der Waals surface area contributed by atoms with Crippen LogP contribution in [0.1, 0.15) is 30.9 Å². The number of nitrogens with one attached hydrogen (secondary N) is 2. The highest BCUT2D eigenvalue weighted by Crippen LogP contribution is 2.22. The molecule has 2 N–H and O–H groups in total. The van der Waals surface area contributed by atoms with Crippen LogP contribution in [-0.4, -0.2) is 34.5 Å². The van der Waals surface area contributed by atoms with Crippen molar-refractivity contribution in [1.29, 1.82) is 0 Å². The zero-order valence-corrected chi connectivity index (χ0v) is 13.9. The molecule has 0 fully saturated rings. The molecule has 0 saturated heterocycles. The van der Waals surface area contributed by atoms with Gasteiger partial charge in [0.15, 0.2) is 0 Å². The van der Waals surface area contributed by atoms with Crippen LogP contribution in [0.5, 0.6) is 5.75 Å². The summed E-state index contributed by atoms with van der Waals surface area (Å²) in [6.45, 7) is 1.49. The van der Waals surface area contributed by atoms with Crippen LogP contribution in [0.3, 0.4) is 0 Å². The van der Waals surface area contributed by atoms with Crippen molar-refractivity contribution in [2.75, 3.05) is 19.0 Å². The monoisotopic (exact) mass is 329 g/mol. The lowest BCUT2D eigenvalue weighted by Crippen LogP contribution is -2.31. The normalized spacial score (nSPS) is 13.7. The van der Waals surface area contributed by atoms with Gasteiger partial charge in [-0.25, -0.2) is 4.79 Å². The molecule has 0 spiro atoms. The maximum absolute atomic E-state index is 12.0. The van der Waals surface area contributed by atoms with Crippen LogP contribution in [0.15, 0.2) is 24.3 Å². The number of rotatable bonds is 5. The molecule has 1 aliphatic rings. The van der Waals surface area contributed by atoms with E-state index in [1.165, 1.54) is 19.3 Å². The zero-order chi connectivity index (χ0) is 16.8. The van der Waals surface area contributed by atoms with E-state index in [-0.39, 0.29) is 6.03 Å². The fourth-order valence-corrected chi connectivity index (χ4v) is 2.93. The number of carbonyl (C=O) groups excluding carboxylic acids is 1. The fraction of sp³-hybridized carbons (Fsp3) is 0.471. The standard InChI is InChI=1S/C17H23N5O2/c1-24-14-8-5-4-7-13(14)19-17(23)18-11-10-16-21-20-15-9-3-2-6-12-22(15)16/h4-5,7-8H,2-3,6,9-12H2,1H3,(H2,18,19,23). The number of carbonyl (C=O) groups is 1. The van der Waals surface area contributed by atoms with E-state index in [2.05, 4.69) is 25.4 Å². The molecule has 0 radical (unpaired) electrons. The Labute approximate surface area is 141 Å². The minimum absolute atomic E-state index is 0.255. The summed E-state index contributed by atoms with van der Waals surface area (Å²) >= 11 is 0. The molecule has 0 unspecified atom stereocenters. The van der Waals surface area contributed by atoms with E-state index in [0.717, 1.165) is 24.6 Å². The number of aromatic nitrogens is 3. The third-order valence-electron chi connectivity index (χ3n) is 4.18. The van der Waals surface area contributed by atoms with Gasteiger partial charge in [-0.05, 0) is 25.0 Å². The van der Waals surface area contributed by atoms with Gasteiger partial charge in [-0.15, -0.1) is 10.2 Å². The van der Waals surface area contributed by atoms with Crippen molar-refractivity contribution in [3.05, 3.63) is 35.9 Å². The lowest BCUT2D eigenvalue weighted by Gasteiger charge is -2.11. The van der Waals surface area contributed by atoms with E-state index in [1.807, 2.05) is 12.1 Å². The number of methoxy groups -OCH3 is 1. The van der Waals surface area contributed by atoms with Crippen molar-refractivity contribution >= 4 is 11.7 Å². The predicted octanol–water partition coefficient (Wildman–Crippen LogP) is 2.38. The number of nitrogens with zero attached hydrogens (tertiary/aromatic N) is 3. The van der Waals surface area contributed by atoms with Gasteiger partial charge in [0, 0.05) is 25.9 Å². The maximum atomic E-state index is 12.0. The van der Waals surface area contributed by atoms with E-state index < -0.39 is 0 Å². The Bertz CT molecular complexity index is 698. The number of hydrogen-bond acceptors (Lipinski definition) is 4. The Morgan fingerprint density at radius 3 is 3.00 bits per heavy atom. The predicted molar refractivity (Wildman–Crippen MR) is 91.3 cm³/mol. The number of amides is 2. The topological polar surface area (TPSA) is 81.1 Å². The molecular weight excluding hydrogens is 306 g/mol. The Morgan fingerprint density at radius 1 is 1.25 bits per heavy atom. The van der Waals surface area contributed by atoms with Gasteiger partial charge in [0.25, 0.3) is 0 Å². The Morgan fingerprint density at radius 2 is 2.12 bits per heavy atom. The summed E-state index contributed by atoms with van der Waals surface area (Å²) in [5.74, 6) is 2.65. The number of urea groups is 1. The van der Waals surface area contributed by atoms with Crippen molar-refractivity contribution in [1.82, 2.24) is 20.1 Å². The number of anilines is 1. The molecular formula is C17H23N5O2. The SMILES string of the molecule is COc1ccccc1NC(=O)NCCc1nnc2n1CCCCC2. The molecule has 1 aromatic heterocycles. The smallest absolute Gasteiger partial charge is 0.319 e. The quantitative estimate of drug-likeness (QED) is 0.882. The van der Waals surface area contributed by atoms with Gasteiger partial charge in [-0.2, -0.15) is 0 Å². The summed E-state index contributed by atoms with van der Waals surface area (Å²) in [5.41, 5.74) is 0.647. The minimum Gasteiger partial charge on any atom is -0.495 e. The van der Waals surface area contributed by atoms with E-state index >= 15 is 0 Å². The molecule has 0 bridgehead atoms. The average molecular weight is 329 g/mol. The molecule has 24 heavy (non-hydrogen) atoms. The van der Waals surface area contributed by atoms with Gasteiger partial charge in [0.05, 0.1) is 12.8 Å². The van der Waals surface area contributed by atoms with Crippen molar-refractivity contribution < 1.29 is 9.53 Å². The molecule has 0 aliphatic carbocycles. The van der Waals surface area contributed by atoms with Gasteiger partial charge in [0.2, 0.25) is 0 Å². The highest BCUT2D eigenvalue weighted by atomic mass is 16.5. The average Bonchev–Trinajstić information content (AvgIpc) is 2.82. The molecule has 128 valence electrons. The molecule has 7 nitrogen and oxygen atoms in total. The van der Waals surface area contributed by atoms with Crippen LogP contribution < -0.4 is 15.4 Å². The number of hydrogen-bond donors (Lipinski definition) is 2. The summed E-state index contributed by atoms with van der Waals surface area (Å²) in [7, 11) is 1.58. The third kappa shape index (κ3) is 3.84. The number of fused-ring (bicyclic) bond motifs is 1. The zero-order valence-electron chi connectivity index (χ0n) is 13.9. The van der Waals surface area contributed by atoms with Crippen molar-refractivity contribution in [2.45, 2.75) is 38.6 Å². The number of benzene rings is 1. The second-order valence-electron chi connectivity index (χ2n) is 5.83. The first-order chi connectivity index (χ1) is 11.8. The van der Waals surface area contributed by atoms with Crippen LogP contribution in [0.4, 0.5) is 10.5 Å². The largest absolute Gasteiger partial charge is 0.495 e. The molecule has 7 heteroatoms. The van der Waals surface area contributed by atoms with Crippen molar-refractivity contribution in [3.8, 4) is 5.75 Å². The molecule has 0 saturated carbocycles. The van der Waals surface area contributed by atoms with Gasteiger partial charge in [-0.1, -0.05) is 18.6 Å². The van der Waals surface area contributed by atoms with Crippen molar-refractivity contribution in [2.24, 2.45) is 0 Å². The van der Waals surface area contributed by atoms with Gasteiger partial charge < -0.3 is 19.9 Å². The summed E-state index contributed by atoms with van der Waals surface area (Å²) in [5, 5.41) is 14.2. The fourth-order valence-electron chi connectivity index (χ4n) is 2.93. The van der Waals surface area contributed by atoms with E-state index in [4.69, 9.17) is 4.74 Å². The molecule has 2 heterocycles. The van der Waals surface area contributed by atoms with E-state index in [0.29, 0.717) is 24.4 Å². The molecule has 1 aliphatic heterocycles. The Hall–Kier alpha value is -2.57. The molecule has 1 aromatic carbocycles. The first kappa shape index (κ1) is 16.3. The Kier molecular flexibility index (Phi) is 5.30. The van der Waals surface area contributed by atoms with Gasteiger partial charge in [-0.3, -0.25) is 0 Å². The highest BCUT2D eigenvalue weighted by molar-refractivity contribution is 5.90. The second-order valence-corrected chi connectivity index (χ2v) is 5.83. The molecule has 2 aromatic rings. The lowest BCUT2D eigenvalue weighted by atomic mass is 10.2. The van der Waals surface area contributed by atoms with E-state index in [1.54, 1.807) is 19.2 Å². The number of para-hydroxylation sites is 2. The van der Waals surface area contributed by atoms with Crippen LogP contribution >= 0.6 is 0 Å². The summed E-state index contributed by atoms with van der Waals surface area (Å²) in [6.07, 6.45) is 5.25. The van der Waals surface area contributed by atoms with Gasteiger partial charge in [0.1, 0.15) is 17.4 Å². The highest BCUT2D eigenvalue weighted by Gasteiger charge is 2.14. The molecule has 0 atom stereocenters. The van der Waals surface area contributed by atoms with Crippen molar-refractivity contribution in [3.63, 3.8) is 0 Å². The number of ether oxygens (including phenoxy) is 1. The molecule has 3 rings (SSSR count). The van der Waals surface area contributed by atoms with Crippen LogP contribution in [0, 0.1) is 0 Å². The first-order valence-corrected chi connectivity index (χ1v) is 8.37. The van der Waals surface area contributed by atoms with E-state index in [9.17, 15) is 4.79 Å². The Balaban J connectivity index is 1.51. The van der Waals surface area contributed by atoms with Crippen LogP contribution in [-0.2, 0) is 19.4 Å². The maximum Gasteiger partial charge on any atom is 0.319 e. The second kappa shape index (κ2) is 7.81. The molecule has 2 amide bonds. The third-order valence-corrected chi connectivity index (χ3v) is 4.18. The van der Waals surface area contributed by atoms with Gasteiger partial charge >= 0.3 is 6.03 Å². The number of aryl methyl sites for hydroxylation is 1. The minimum atomic E-state index is -0.255. The first-order valence-electron chi connectivity index (χ1n) is 8.37.